The summed E-state index contributed by atoms with van der Waals surface area (Å²) in [5.41, 5.74) is 1.57. The lowest BCUT2D eigenvalue weighted by molar-refractivity contribution is -0.136. The maximum absolute atomic E-state index is 12.8. The Morgan fingerprint density at radius 2 is 1.96 bits per heavy atom. The number of para-hydroxylation sites is 1. The Balaban J connectivity index is 0.00000156. The molecule has 0 saturated carbocycles. The van der Waals surface area contributed by atoms with Crippen LogP contribution in [0.25, 0.3) is 10.9 Å². The third-order valence-corrected chi connectivity index (χ3v) is 4.62. The molecule has 5 nitrogen and oxygen atoms in total. The van der Waals surface area contributed by atoms with Gasteiger partial charge in [0.25, 0.3) is 0 Å². The standard InChI is InChI=1S/C18H23N3O2.2ClH/c1-23-13-18(7-10-19-11-8-18)17(22)21-12-15-5-2-4-14-6-3-9-20-16(14)15;;/h2-6,9,19H,7-8,10-13H2,1H3,(H,21,22);2*1H. The molecule has 2 aromatic rings. The third kappa shape index (κ3) is 4.82. The molecule has 1 fully saturated rings. The lowest BCUT2D eigenvalue weighted by atomic mass is 9.78. The molecule has 2 N–H and O–H groups in total. The summed E-state index contributed by atoms with van der Waals surface area (Å²) in [7, 11) is 1.66. The first kappa shape index (κ1) is 21.6. The molecule has 0 bridgehead atoms. The summed E-state index contributed by atoms with van der Waals surface area (Å²) in [4.78, 5) is 17.2. The number of nitrogens with one attached hydrogen (secondary N) is 2. The Bertz CT molecular complexity index is 680. The van der Waals surface area contributed by atoms with Gasteiger partial charge in [0.05, 0.1) is 17.5 Å². The van der Waals surface area contributed by atoms with Gasteiger partial charge in [0.15, 0.2) is 0 Å². The normalized spacial score (nSPS) is 15.7. The Hall–Kier alpha value is -1.40. The van der Waals surface area contributed by atoms with Gasteiger partial charge in [-0.2, -0.15) is 0 Å². The molecule has 0 atom stereocenters. The van der Waals surface area contributed by atoms with Crippen LogP contribution in [-0.2, 0) is 16.1 Å². The molecule has 25 heavy (non-hydrogen) atoms. The minimum absolute atomic E-state index is 0. The number of hydrogen-bond acceptors (Lipinski definition) is 4. The lowest BCUT2D eigenvalue weighted by Gasteiger charge is -2.35. The Kier molecular flexibility index (Phi) is 8.59. The largest absolute Gasteiger partial charge is 0.384 e. The smallest absolute Gasteiger partial charge is 0.228 e. The number of aromatic nitrogens is 1. The van der Waals surface area contributed by atoms with Crippen LogP contribution in [0.15, 0.2) is 36.5 Å². The fourth-order valence-electron chi connectivity index (χ4n) is 3.29. The molecule has 1 amide bonds. The van der Waals surface area contributed by atoms with Crippen LogP contribution in [0, 0.1) is 5.41 Å². The number of pyridine rings is 1. The number of piperidine rings is 1. The zero-order chi connectivity index (χ0) is 16.1. The van der Waals surface area contributed by atoms with E-state index in [-0.39, 0.29) is 30.7 Å². The predicted molar refractivity (Wildman–Crippen MR) is 104 cm³/mol. The van der Waals surface area contributed by atoms with Crippen molar-refractivity contribution in [1.82, 2.24) is 15.6 Å². The molecule has 3 rings (SSSR count). The molecule has 7 heteroatoms. The predicted octanol–water partition coefficient (Wildman–Crippen LogP) is 2.71. The van der Waals surface area contributed by atoms with Crippen molar-refractivity contribution >= 4 is 41.6 Å². The van der Waals surface area contributed by atoms with Gasteiger partial charge < -0.3 is 15.4 Å². The van der Waals surface area contributed by atoms with E-state index in [0.29, 0.717) is 13.2 Å². The zero-order valence-corrected chi connectivity index (χ0v) is 15.9. The fraction of sp³-hybridized carbons (Fsp3) is 0.444. The number of rotatable bonds is 5. The van der Waals surface area contributed by atoms with Crippen LogP contribution in [0.1, 0.15) is 18.4 Å². The van der Waals surface area contributed by atoms with E-state index in [1.807, 2.05) is 30.3 Å². The number of amides is 1. The van der Waals surface area contributed by atoms with Gasteiger partial charge >= 0.3 is 0 Å². The summed E-state index contributed by atoms with van der Waals surface area (Å²) >= 11 is 0. The first-order chi connectivity index (χ1) is 11.2. The fourth-order valence-corrected chi connectivity index (χ4v) is 3.29. The van der Waals surface area contributed by atoms with Crippen molar-refractivity contribution in [2.24, 2.45) is 5.41 Å². The van der Waals surface area contributed by atoms with Gasteiger partial charge in [0.1, 0.15) is 0 Å². The van der Waals surface area contributed by atoms with E-state index in [1.165, 1.54) is 0 Å². The van der Waals surface area contributed by atoms with Gasteiger partial charge in [-0.3, -0.25) is 9.78 Å². The van der Waals surface area contributed by atoms with Crippen molar-refractivity contribution in [1.29, 1.82) is 0 Å². The average Bonchev–Trinajstić information content (AvgIpc) is 2.60. The number of ether oxygens (including phenoxy) is 1. The molecular formula is C18H25Cl2N3O2. The van der Waals surface area contributed by atoms with E-state index in [2.05, 4.69) is 15.6 Å². The average molecular weight is 386 g/mol. The lowest BCUT2D eigenvalue weighted by Crippen LogP contribution is -2.50. The maximum Gasteiger partial charge on any atom is 0.228 e. The van der Waals surface area contributed by atoms with Crippen molar-refractivity contribution in [3.63, 3.8) is 0 Å². The first-order valence-electron chi connectivity index (χ1n) is 8.06. The summed E-state index contributed by atoms with van der Waals surface area (Å²) < 4.78 is 5.33. The minimum atomic E-state index is -0.419. The monoisotopic (exact) mass is 385 g/mol. The highest BCUT2D eigenvalue weighted by atomic mass is 35.5. The number of fused-ring (bicyclic) bond motifs is 1. The van der Waals surface area contributed by atoms with Crippen molar-refractivity contribution < 1.29 is 9.53 Å². The van der Waals surface area contributed by atoms with Crippen LogP contribution < -0.4 is 10.6 Å². The molecule has 1 saturated heterocycles. The van der Waals surface area contributed by atoms with Crippen LogP contribution >= 0.6 is 24.8 Å². The molecule has 1 aromatic carbocycles. The Morgan fingerprint density at radius 1 is 1.24 bits per heavy atom. The molecule has 138 valence electrons. The molecule has 0 unspecified atom stereocenters. The van der Waals surface area contributed by atoms with Gasteiger partial charge in [0.2, 0.25) is 5.91 Å². The summed E-state index contributed by atoms with van der Waals surface area (Å²) in [6.45, 7) is 2.67. The zero-order valence-electron chi connectivity index (χ0n) is 14.3. The molecule has 1 aliphatic rings. The molecule has 0 spiro atoms. The van der Waals surface area contributed by atoms with Crippen LogP contribution in [0.5, 0.6) is 0 Å². The van der Waals surface area contributed by atoms with Crippen molar-refractivity contribution in [2.45, 2.75) is 19.4 Å². The second kappa shape index (κ2) is 9.92. The van der Waals surface area contributed by atoms with E-state index in [9.17, 15) is 4.79 Å². The molecule has 1 aliphatic heterocycles. The van der Waals surface area contributed by atoms with E-state index in [0.717, 1.165) is 42.4 Å². The number of carbonyl (C=O) groups excluding carboxylic acids is 1. The SMILES string of the molecule is COCC1(C(=O)NCc2cccc3cccnc23)CCNCC1.Cl.Cl. The summed E-state index contributed by atoms with van der Waals surface area (Å²) in [5, 5.41) is 7.50. The van der Waals surface area contributed by atoms with Gasteiger partial charge in [-0.25, -0.2) is 0 Å². The van der Waals surface area contributed by atoms with Gasteiger partial charge in [0, 0.05) is 25.2 Å². The molecule has 0 radical (unpaired) electrons. The Labute approximate surface area is 160 Å². The van der Waals surface area contributed by atoms with Crippen LogP contribution in [0.2, 0.25) is 0 Å². The summed E-state index contributed by atoms with van der Waals surface area (Å²) in [6, 6.07) is 10.0. The molecular weight excluding hydrogens is 361 g/mol. The number of methoxy groups -OCH3 is 1. The number of nitrogens with zero attached hydrogens (tertiary/aromatic N) is 1. The van der Waals surface area contributed by atoms with Crippen LogP contribution in [0.3, 0.4) is 0 Å². The van der Waals surface area contributed by atoms with E-state index in [4.69, 9.17) is 4.74 Å². The van der Waals surface area contributed by atoms with E-state index >= 15 is 0 Å². The van der Waals surface area contributed by atoms with Crippen molar-refractivity contribution in [2.75, 3.05) is 26.8 Å². The van der Waals surface area contributed by atoms with Gasteiger partial charge in [-0.1, -0.05) is 24.3 Å². The quantitative estimate of drug-likeness (QED) is 0.830. The molecule has 1 aromatic heterocycles. The van der Waals surface area contributed by atoms with Crippen molar-refractivity contribution in [3.8, 4) is 0 Å². The Morgan fingerprint density at radius 3 is 2.68 bits per heavy atom. The second-order valence-corrected chi connectivity index (χ2v) is 6.14. The minimum Gasteiger partial charge on any atom is -0.384 e. The van der Waals surface area contributed by atoms with E-state index < -0.39 is 5.41 Å². The maximum atomic E-state index is 12.8. The molecule has 0 aliphatic carbocycles. The third-order valence-electron chi connectivity index (χ3n) is 4.62. The van der Waals surface area contributed by atoms with Gasteiger partial charge in [-0.15, -0.1) is 24.8 Å². The van der Waals surface area contributed by atoms with Crippen LogP contribution in [-0.4, -0.2) is 37.7 Å². The highest BCUT2D eigenvalue weighted by Crippen LogP contribution is 2.29. The topological polar surface area (TPSA) is 63.2 Å². The highest BCUT2D eigenvalue weighted by molar-refractivity contribution is 5.86. The number of carbonyl (C=O) groups is 1. The molecule has 2 heterocycles. The number of benzene rings is 1. The first-order valence-corrected chi connectivity index (χ1v) is 8.06. The van der Waals surface area contributed by atoms with Crippen molar-refractivity contribution in [3.05, 3.63) is 42.1 Å². The van der Waals surface area contributed by atoms with Gasteiger partial charge in [-0.05, 0) is 37.6 Å². The van der Waals surface area contributed by atoms with E-state index in [1.54, 1.807) is 13.3 Å². The number of halogens is 2. The number of hydrogen-bond donors (Lipinski definition) is 2. The summed E-state index contributed by atoms with van der Waals surface area (Å²) in [5.74, 6) is 0.0776. The second-order valence-electron chi connectivity index (χ2n) is 6.14. The van der Waals surface area contributed by atoms with Crippen LogP contribution in [0.4, 0.5) is 0 Å². The summed E-state index contributed by atoms with van der Waals surface area (Å²) in [6.07, 6.45) is 3.40. The highest BCUT2D eigenvalue weighted by Gasteiger charge is 2.39.